The number of nitrogens with one attached hydrogen (secondary N) is 2. The third kappa shape index (κ3) is 5.30. The molecule has 1 aliphatic rings. The largest absolute Gasteiger partial charge is 0.356 e. The second kappa shape index (κ2) is 8.04. The minimum Gasteiger partial charge on any atom is -0.356 e. The van der Waals surface area contributed by atoms with Gasteiger partial charge in [-0.05, 0) is 43.9 Å². The molecule has 2 N–H and O–H groups in total. The van der Waals surface area contributed by atoms with Crippen molar-refractivity contribution in [2.75, 3.05) is 6.54 Å². The molecule has 2 rings (SSSR count). The van der Waals surface area contributed by atoms with E-state index in [2.05, 4.69) is 10.6 Å². The lowest BCUT2D eigenvalue weighted by molar-refractivity contribution is -0.124. The monoisotopic (exact) mass is 324 g/mol. The highest BCUT2D eigenvalue weighted by atomic mass is 19.1. The Kier molecular flexibility index (Phi) is 6.07. The minimum atomic E-state index is -0.556. The smallest absolute Gasteiger partial charge is 0.223 e. The lowest BCUT2D eigenvalue weighted by Gasteiger charge is -2.18. The van der Waals surface area contributed by atoms with Gasteiger partial charge >= 0.3 is 0 Å². The summed E-state index contributed by atoms with van der Waals surface area (Å²) in [6.07, 6.45) is 3.11. The zero-order chi connectivity index (χ0) is 16.8. The summed E-state index contributed by atoms with van der Waals surface area (Å²) < 4.78 is 27.0. The van der Waals surface area contributed by atoms with Crippen LogP contribution in [-0.2, 0) is 9.59 Å². The molecule has 0 spiro atoms. The second-order valence-corrected chi connectivity index (χ2v) is 5.86. The molecule has 0 aliphatic heterocycles. The molecule has 1 atom stereocenters. The molecule has 23 heavy (non-hydrogen) atoms. The van der Waals surface area contributed by atoms with E-state index in [1.807, 2.05) is 0 Å². The summed E-state index contributed by atoms with van der Waals surface area (Å²) in [5.41, 5.74) is 0.155. The van der Waals surface area contributed by atoms with Gasteiger partial charge < -0.3 is 10.6 Å². The second-order valence-electron chi connectivity index (χ2n) is 5.86. The molecule has 1 fully saturated rings. The fraction of sp³-hybridized carbons (Fsp3) is 0.529. The molecule has 1 unspecified atom stereocenters. The topological polar surface area (TPSA) is 58.2 Å². The molecule has 0 aromatic heterocycles. The highest BCUT2D eigenvalue weighted by molar-refractivity contribution is 5.81. The van der Waals surface area contributed by atoms with E-state index in [1.54, 1.807) is 6.92 Å². The van der Waals surface area contributed by atoms with Crippen LogP contribution >= 0.6 is 0 Å². The number of rotatable bonds is 8. The summed E-state index contributed by atoms with van der Waals surface area (Å²) in [6.45, 7) is 2.25. The Morgan fingerprint density at radius 3 is 2.70 bits per heavy atom. The Balaban J connectivity index is 1.77. The Labute approximate surface area is 134 Å². The summed E-state index contributed by atoms with van der Waals surface area (Å²) in [7, 11) is 0. The average Bonchev–Trinajstić information content (AvgIpc) is 3.36. The van der Waals surface area contributed by atoms with Crippen LogP contribution < -0.4 is 10.6 Å². The van der Waals surface area contributed by atoms with Crippen LogP contribution in [0.2, 0.25) is 0 Å². The highest BCUT2D eigenvalue weighted by Crippen LogP contribution is 2.28. The Bertz CT molecular complexity index is 574. The van der Waals surface area contributed by atoms with Gasteiger partial charge in [0.1, 0.15) is 11.6 Å². The van der Waals surface area contributed by atoms with Gasteiger partial charge in [-0.1, -0.05) is 6.92 Å². The summed E-state index contributed by atoms with van der Waals surface area (Å²) in [5, 5.41) is 5.50. The summed E-state index contributed by atoms with van der Waals surface area (Å²) in [4.78, 5) is 23.4. The average molecular weight is 324 g/mol. The number of amides is 2. The molecule has 126 valence electrons. The molecule has 0 radical (unpaired) electrons. The first-order chi connectivity index (χ1) is 11.0. The molecule has 0 heterocycles. The van der Waals surface area contributed by atoms with E-state index in [0.717, 1.165) is 31.0 Å². The van der Waals surface area contributed by atoms with Gasteiger partial charge in [0.2, 0.25) is 11.8 Å². The van der Waals surface area contributed by atoms with E-state index in [0.29, 0.717) is 19.4 Å². The van der Waals surface area contributed by atoms with Crippen molar-refractivity contribution >= 4 is 11.8 Å². The van der Waals surface area contributed by atoms with Crippen molar-refractivity contribution in [3.05, 3.63) is 35.4 Å². The van der Waals surface area contributed by atoms with Crippen LogP contribution in [0.25, 0.3) is 0 Å². The van der Waals surface area contributed by atoms with Crippen molar-refractivity contribution in [1.29, 1.82) is 0 Å². The lowest BCUT2D eigenvalue weighted by atomic mass is 10.0. The van der Waals surface area contributed by atoms with Crippen molar-refractivity contribution in [2.24, 2.45) is 5.92 Å². The first-order valence-corrected chi connectivity index (χ1v) is 8.03. The maximum absolute atomic E-state index is 13.8. The Morgan fingerprint density at radius 1 is 1.30 bits per heavy atom. The molecule has 1 aliphatic carbocycles. The zero-order valence-electron chi connectivity index (χ0n) is 13.2. The van der Waals surface area contributed by atoms with E-state index >= 15 is 0 Å². The van der Waals surface area contributed by atoms with Gasteiger partial charge in [0.15, 0.2) is 0 Å². The van der Waals surface area contributed by atoms with Crippen LogP contribution in [0.5, 0.6) is 0 Å². The third-order valence-corrected chi connectivity index (χ3v) is 3.90. The number of hydrogen-bond donors (Lipinski definition) is 2. The highest BCUT2D eigenvalue weighted by Gasteiger charge is 2.29. The van der Waals surface area contributed by atoms with Crippen molar-refractivity contribution in [1.82, 2.24) is 10.6 Å². The van der Waals surface area contributed by atoms with Crippen LogP contribution in [0.3, 0.4) is 0 Å². The number of halogens is 2. The van der Waals surface area contributed by atoms with Gasteiger partial charge in [0.05, 0.1) is 6.04 Å². The van der Waals surface area contributed by atoms with E-state index in [9.17, 15) is 18.4 Å². The predicted molar refractivity (Wildman–Crippen MR) is 82.5 cm³/mol. The van der Waals surface area contributed by atoms with Crippen LogP contribution in [0.4, 0.5) is 8.78 Å². The fourth-order valence-corrected chi connectivity index (χ4v) is 2.40. The predicted octanol–water partition coefficient (Wildman–Crippen LogP) is 2.84. The molecule has 1 aromatic carbocycles. The van der Waals surface area contributed by atoms with E-state index in [-0.39, 0.29) is 29.7 Å². The number of carbonyl (C=O) groups excluding carboxylic acids is 2. The molecule has 4 nitrogen and oxygen atoms in total. The maximum Gasteiger partial charge on any atom is 0.223 e. The molecule has 1 saturated carbocycles. The molecular formula is C17H22F2N2O2. The van der Waals surface area contributed by atoms with Crippen LogP contribution in [0.1, 0.15) is 50.6 Å². The molecule has 0 bridgehead atoms. The normalized spacial score (nSPS) is 15.1. The van der Waals surface area contributed by atoms with Crippen molar-refractivity contribution in [3.63, 3.8) is 0 Å². The molecule has 0 saturated heterocycles. The van der Waals surface area contributed by atoms with Gasteiger partial charge in [-0.15, -0.1) is 0 Å². The first-order valence-electron chi connectivity index (χ1n) is 8.03. The standard InChI is InChI=1S/C17H22F2N2O2/c1-2-15(13-10-12(18)7-8-14(13)19)21-16(22)4-3-9-20-17(23)11-5-6-11/h7-8,10-11,15H,2-6,9H2,1H3,(H,20,23)(H,21,22). The van der Waals surface area contributed by atoms with Crippen LogP contribution in [0, 0.1) is 17.6 Å². The first kappa shape index (κ1) is 17.4. The van der Waals surface area contributed by atoms with Gasteiger partial charge in [-0.2, -0.15) is 0 Å². The van der Waals surface area contributed by atoms with Gasteiger partial charge in [0, 0.05) is 24.4 Å². The van der Waals surface area contributed by atoms with Crippen molar-refractivity contribution < 1.29 is 18.4 Å². The Morgan fingerprint density at radius 2 is 2.04 bits per heavy atom. The lowest BCUT2D eigenvalue weighted by Crippen LogP contribution is -2.30. The molecular weight excluding hydrogens is 302 g/mol. The number of carbonyl (C=O) groups is 2. The summed E-state index contributed by atoms with van der Waals surface area (Å²) in [5.74, 6) is -1.09. The third-order valence-electron chi connectivity index (χ3n) is 3.90. The van der Waals surface area contributed by atoms with E-state index in [1.165, 1.54) is 0 Å². The maximum atomic E-state index is 13.8. The van der Waals surface area contributed by atoms with Gasteiger partial charge in [0.25, 0.3) is 0 Å². The van der Waals surface area contributed by atoms with Crippen LogP contribution in [-0.4, -0.2) is 18.4 Å². The molecule has 2 amide bonds. The van der Waals surface area contributed by atoms with E-state index < -0.39 is 17.7 Å². The van der Waals surface area contributed by atoms with Gasteiger partial charge in [-0.25, -0.2) is 8.78 Å². The van der Waals surface area contributed by atoms with E-state index in [4.69, 9.17) is 0 Å². The number of benzene rings is 1. The summed E-state index contributed by atoms with van der Waals surface area (Å²) >= 11 is 0. The molecule has 6 heteroatoms. The van der Waals surface area contributed by atoms with Crippen molar-refractivity contribution in [2.45, 2.75) is 45.1 Å². The zero-order valence-corrected chi connectivity index (χ0v) is 13.2. The van der Waals surface area contributed by atoms with Crippen molar-refractivity contribution in [3.8, 4) is 0 Å². The minimum absolute atomic E-state index is 0.0543. The van der Waals surface area contributed by atoms with Crippen LogP contribution in [0.15, 0.2) is 18.2 Å². The fourth-order valence-electron chi connectivity index (χ4n) is 2.40. The SMILES string of the molecule is CCC(NC(=O)CCCNC(=O)C1CC1)c1cc(F)ccc1F. The quantitative estimate of drug-likeness (QED) is 0.723. The Hall–Kier alpha value is -1.98. The van der Waals surface area contributed by atoms with Gasteiger partial charge in [-0.3, -0.25) is 9.59 Å². The summed E-state index contributed by atoms with van der Waals surface area (Å²) in [6, 6.07) is 2.67. The number of hydrogen-bond acceptors (Lipinski definition) is 2. The molecule has 1 aromatic rings.